The lowest BCUT2D eigenvalue weighted by molar-refractivity contribution is 0.0693. The Bertz CT molecular complexity index is 1090. The van der Waals surface area contributed by atoms with E-state index in [1.165, 1.54) is 17.8 Å². The van der Waals surface area contributed by atoms with E-state index in [1.54, 1.807) is 36.0 Å². The first-order valence-electron chi connectivity index (χ1n) is 10.7. The Labute approximate surface area is 215 Å². The first kappa shape index (κ1) is 26.7. The van der Waals surface area contributed by atoms with Crippen molar-refractivity contribution in [3.05, 3.63) is 57.6 Å². The Morgan fingerprint density at radius 1 is 1.15 bits per heavy atom. The molecule has 1 saturated heterocycles. The van der Waals surface area contributed by atoms with Crippen molar-refractivity contribution >= 4 is 62.7 Å². The van der Waals surface area contributed by atoms with Crippen molar-refractivity contribution in [2.45, 2.75) is 35.3 Å². The molecule has 1 amide bonds. The van der Waals surface area contributed by atoms with E-state index in [-0.39, 0.29) is 17.3 Å². The van der Waals surface area contributed by atoms with E-state index in [2.05, 4.69) is 11.6 Å². The number of rotatable bonds is 9. The van der Waals surface area contributed by atoms with Gasteiger partial charge in [-0.05, 0) is 60.9 Å². The molecule has 5 nitrogen and oxygen atoms in total. The second-order valence-electron chi connectivity index (χ2n) is 8.02. The van der Waals surface area contributed by atoms with Crippen molar-refractivity contribution < 1.29 is 13.2 Å². The number of benzene rings is 2. The number of halogens is 2. The number of hydrogen-bond acceptors (Lipinski definition) is 5. The normalized spacial score (nSPS) is 15.1. The van der Waals surface area contributed by atoms with Gasteiger partial charge in [-0.25, -0.2) is 13.1 Å². The largest absolute Gasteiger partial charge is 0.339 e. The van der Waals surface area contributed by atoms with Crippen molar-refractivity contribution in [3.63, 3.8) is 0 Å². The molecular formula is C23H28Cl2N2O3S3. The number of nitrogens with one attached hydrogen (secondary N) is 1. The number of carbonyl (C=O) groups excluding carboxylic acids is 1. The quantitative estimate of drug-likeness (QED) is 0.318. The van der Waals surface area contributed by atoms with Crippen molar-refractivity contribution in [1.29, 1.82) is 0 Å². The number of amides is 1. The van der Waals surface area contributed by atoms with Crippen LogP contribution in [0.5, 0.6) is 0 Å². The van der Waals surface area contributed by atoms with Crippen LogP contribution in [0.2, 0.25) is 10.0 Å². The highest BCUT2D eigenvalue weighted by atomic mass is 35.5. The van der Waals surface area contributed by atoms with Crippen LogP contribution in [0.3, 0.4) is 0 Å². The Balaban J connectivity index is 1.61. The second kappa shape index (κ2) is 12.2. The molecule has 180 valence electrons. The summed E-state index contributed by atoms with van der Waals surface area (Å²) in [7, 11) is -3.73. The van der Waals surface area contributed by atoms with Gasteiger partial charge in [-0.15, -0.1) is 11.8 Å². The Hall–Kier alpha value is -0.900. The fourth-order valence-corrected chi connectivity index (χ4v) is 6.73. The van der Waals surface area contributed by atoms with Gasteiger partial charge in [-0.2, -0.15) is 11.8 Å². The average molecular weight is 548 g/mol. The smallest absolute Gasteiger partial charge is 0.255 e. The molecule has 33 heavy (non-hydrogen) atoms. The minimum absolute atomic E-state index is 0.0984. The molecule has 0 spiro atoms. The van der Waals surface area contributed by atoms with E-state index in [4.69, 9.17) is 23.2 Å². The highest BCUT2D eigenvalue weighted by molar-refractivity contribution is 7.98. The number of thioether (sulfide) groups is 2. The molecule has 0 radical (unpaired) electrons. The van der Waals surface area contributed by atoms with Crippen LogP contribution in [0.15, 0.2) is 46.2 Å². The summed E-state index contributed by atoms with van der Waals surface area (Å²) >= 11 is 15.1. The van der Waals surface area contributed by atoms with Gasteiger partial charge in [-0.1, -0.05) is 36.2 Å². The standard InChI is InChI=1S/C23H28Cl2N2O3S3/c1-16-7-10-27(11-8-16)23(28)20-14-19(5-6-22(20)31-2)33(29,30)26-9-12-32-15-17-3-4-18(24)13-21(17)25/h3-6,13-14,16,26H,7-12,15H2,1-2H3. The minimum Gasteiger partial charge on any atom is -0.339 e. The Morgan fingerprint density at radius 2 is 1.88 bits per heavy atom. The second-order valence-corrected chi connectivity index (χ2v) is 12.6. The summed E-state index contributed by atoms with van der Waals surface area (Å²) in [6, 6.07) is 10.1. The minimum atomic E-state index is -3.73. The lowest BCUT2D eigenvalue weighted by atomic mass is 9.98. The van der Waals surface area contributed by atoms with Gasteiger partial charge in [0.25, 0.3) is 5.91 Å². The van der Waals surface area contributed by atoms with Crippen LogP contribution >= 0.6 is 46.7 Å². The molecule has 0 aromatic heterocycles. The molecular weight excluding hydrogens is 519 g/mol. The summed E-state index contributed by atoms with van der Waals surface area (Å²) in [6.07, 6.45) is 3.83. The lowest BCUT2D eigenvalue weighted by Crippen LogP contribution is -2.38. The topological polar surface area (TPSA) is 66.5 Å². The number of sulfonamides is 1. The van der Waals surface area contributed by atoms with Crippen molar-refractivity contribution in [2.24, 2.45) is 5.92 Å². The monoisotopic (exact) mass is 546 g/mol. The molecule has 1 aliphatic rings. The third kappa shape index (κ3) is 7.29. The third-order valence-corrected chi connectivity index (χ3v) is 9.44. The summed E-state index contributed by atoms with van der Waals surface area (Å²) < 4.78 is 28.4. The number of hydrogen-bond donors (Lipinski definition) is 1. The van der Waals surface area contributed by atoms with Crippen LogP contribution in [0.1, 0.15) is 35.7 Å². The zero-order chi connectivity index (χ0) is 24.0. The zero-order valence-corrected chi connectivity index (χ0v) is 22.6. The molecule has 0 saturated carbocycles. The van der Waals surface area contributed by atoms with Gasteiger partial charge in [0.2, 0.25) is 10.0 Å². The van der Waals surface area contributed by atoms with Gasteiger partial charge in [0.05, 0.1) is 10.5 Å². The van der Waals surface area contributed by atoms with Gasteiger partial charge in [-0.3, -0.25) is 4.79 Å². The van der Waals surface area contributed by atoms with Crippen LogP contribution < -0.4 is 4.72 Å². The zero-order valence-electron chi connectivity index (χ0n) is 18.6. The first-order valence-corrected chi connectivity index (χ1v) is 15.3. The van der Waals surface area contributed by atoms with Crippen LogP contribution in [-0.4, -0.2) is 50.9 Å². The Kier molecular flexibility index (Phi) is 9.85. The third-order valence-electron chi connectivity index (χ3n) is 5.59. The molecule has 3 rings (SSSR count). The summed E-state index contributed by atoms with van der Waals surface area (Å²) in [5.41, 5.74) is 1.41. The number of likely N-dealkylation sites (tertiary alicyclic amines) is 1. The molecule has 0 bridgehead atoms. The van der Waals surface area contributed by atoms with E-state index in [9.17, 15) is 13.2 Å². The number of carbonyl (C=O) groups is 1. The summed E-state index contributed by atoms with van der Waals surface area (Å²) in [6.45, 7) is 3.88. The van der Waals surface area contributed by atoms with Crippen LogP contribution in [0.4, 0.5) is 0 Å². The summed E-state index contributed by atoms with van der Waals surface area (Å²) in [5.74, 6) is 1.75. The molecule has 2 aromatic carbocycles. The van der Waals surface area contributed by atoms with E-state index in [1.807, 2.05) is 17.2 Å². The maximum Gasteiger partial charge on any atom is 0.255 e. The number of nitrogens with zero attached hydrogens (tertiary/aromatic N) is 1. The Morgan fingerprint density at radius 3 is 2.55 bits per heavy atom. The molecule has 0 unspecified atom stereocenters. The molecule has 10 heteroatoms. The molecule has 0 aliphatic carbocycles. The fraction of sp³-hybridized carbons (Fsp3) is 0.435. The van der Waals surface area contributed by atoms with Crippen LogP contribution in [-0.2, 0) is 15.8 Å². The number of piperidine rings is 1. The molecule has 0 atom stereocenters. The van der Waals surface area contributed by atoms with E-state index in [0.29, 0.717) is 46.1 Å². The molecule has 1 fully saturated rings. The van der Waals surface area contributed by atoms with Gasteiger partial charge in [0, 0.05) is 46.1 Å². The van der Waals surface area contributed by atoms with E-state index in [0.717, 1.165) is 23.3 Å². The SMILES string of the molecule is CSc1ccc(S(=O)(=O)NCCSCc2ccc(Cl)cc2Cl)cc1C(=O)N1CCC(C)CC1. The highest BCUT2D eigenvalue weighted by Crippen LogP contribution is 2.27. The van der Waals surface area contributed by atoms with E-state index < -0.39 is 10.0 Å². The molecule has 1 heterocycles. The fourth-order valence-electron chi connectivity index (χ4n) is 3.56. The van der Waals surface area contributed by atoms with Crippen LogP contribution in [0, 0.1) is 5.92 Å². The molecule has 2 aromatic rings. The summed E-state index contributed by atoms with van der Waals surface area (Å²) in [5, 5.41) is 1.19. The molecule has 1 aliphatic heterocycles. The average Bonchev–Trinajstić information content (AvgIpc) is 2.79. The predicted octanol–water partition coefficient (Wildman–Crippen LogP) is 5.80. The lowest BCUT2D eigenvalue weighted by Gasteiger charge is -2.30. The maximum atomic E-state index is 13.1. The van der Waals surface area contributed by atoms with Gasteiger partial charge in [0.15, 0.2) is 0 Å². The van der Waals surface area contributed by atoms with Crippen molar-refractivity contribution in [1.82, 2.24) is 9.62 Å². The van der Waals surface area contributed by atoms with Crippen LogP contribution in [0.25, 0.3) is 0 Å². The molecule has 1 N–H and O–H groups in total. The predicted molar refractivity (Wildman–Crippen MR) is 140 cm³/mol. The van der Waals surface area contributed by atoms with Gasteiger partial charge >= 0.3 is 0 Å². The highest BCUT2D eigenvalue weighted by Gasteiger charge is 2.25. The van der Waals surface area contributed by atoms with Gasteiger partial charge < -0.3 is 4.90 Å². The first-order chi connectivity index (χ1) is 15.7. The van der Waals surface area contributed by atoms with Crippen molar-refractivity contribution in [3.8, 4) is 0 Å². The van der Waals surface area contributed by atoms with Crippen molar-refractivity contribution in [2.75, 3.05) is 31.6 Å². The van der Waals surface area contributed by atoms with Gasteiger partial charge in [0.1, 0.15) is 0 Å². The summed E-state index contributed by atoms with van der Waals surface area (Å²) in [4.78, 5) is 15.8. The van der Waals surface area contributed by atoms with E-state index >= 15 is 0 Å². The maximum absolute atomic E-state index is 13.1.